The van der Waals surface area contributed by atoms with Crippen LogP contribution in [0.4, 0.5) is 5.95 Å². The van der Waals surface area contributed by atoms with Gasteiger partial charge in [-0.15, -0.1) is 0 Å². The van der Waals surface area contributed by atoms with E-state index in [1.165, 1.54) is 0 Å². The normalized spacial score (nSPS) is 33.4. The van der Waals surface area contributed by atoms with Gasteiger partial charge in [0.2, 0.25) is 5.95 Å². The molecule has 21 heavy (non-hydrogen) atoms. The summed E-state index contributed by atoms with van der Waals surface area (Å²) in [5.41, 5.74) is 1.48. The van der Waals surface area contributed by atoms with Gasteiger partial charge in [-0.1, -0.05) is 0 Å². The number of nitrogens with zero attached hydrogens (tertiary/aromatic N) is 3. The molecule has 1 aromatic rings. The molecular weight excluding hydrogens is 266 g/mol. The molecule has 0 spiro atoms. The van der Waals surface area contributed by atoms with Gasteiger partial charge in [-0.05, 0) is 45.6 Å². The first-order chi connectivity index (χ1) is 9.99. The fourth-order valence-electron chi connectivity index (χ4n) is 3.49. The van der Waals surface area contributed by atoms with Crippen molar-refractivity contribution < 1.29 is 9.84 Å². The average molecular weight is 291 g/mol. The number of hydrogen-bond acceptors (Lipinski definition) is 5. The topological polar surface area (TPSA) is 58.5 Å². The van der Waals surface area contributed by atoms with Crippen molar-refractivity contribution in [1.82, 2.24) is 9.97 Å². The molecule has 116 valence electrons. The van der Waals surface area contributed by atoms with Crippen molar-refractivity contribution in [2.75, 3.05) is 24.7 Å². The van der Waals surface area contributed by atoms with E-state index in [2.05, 4.69) is 14.9 Å². The number of aliphatic hydroxyl groups is 1. The first-order valence-corrected chi connectivity index (χ1v) is 7.86. The average Bonchev–Trinajstić information content (AvgIpc) is 2.90. The summed E-state index contributed by atoms with van der Waals surface area (Å²) in [5.74, 6) is 0.918. The molecule has 3 unspecified atom stereocenters. The molecule has 3 heterocycles. The zero-order valence-electron chi connectivity index (χ0n) is 13.2. The van der Waals surface area contributed by atoms with Gasteiger partial charge in [-0.2, -0.15) is 0 Å². The van der Waals surface area contributed by atoms with Crippen LogP contribution in [0.2, 0.25) is 0 Å². The van der Waals surface area contributed by atoms with E-state index in [0.29, 0.717) is 19.6 Å². The van der Waals surface area contributed by atoms with E-state index in [1.54, 1.807) is 0 Å². The third-order valence-corrected chi connectivity index (χ3v) is 5.08. The molecule has 5 heteroatoms. The van der Waals surface area contributed by atoms with Crippen LogP contribution < -0.4 is 4.90 Å². The monoisotopic (exact) mass is 291 g/mol. The molecule has 1 N–H and O–H groups in total. The first kappa shape index (κ1) is 14.7. The number of hydrogen-bond donors (Lipinski definition) is 1. The summed E-state index contributed by atoms with van der Waals surface area (Å²) in [7, 11) is 0. The molecule has 2 fully saturated rings. The predicted octanol–water partition coefficient (Wildman–Crippen LogP) is 1.85. The zero-order valence-corrected chi connectivity index (χ0v) is 13.2. The number of anilines is 1. The Labute approximate surface area is 126 Å². The van der Waals surface area contributed by atoms with Gasteiger partial charge < -0.3 is 14.7 Å². The lowest BCUT2D eigenvalue weighted by atomic mass is 9.79. The maximum absolute atomic E-state index is 10.7. The van der Waals surface area contributed by atoms with E-state index in [1.807, 2.05) is 27.0 Å². The summed E-state index contributed by atoms with van der Waals surface area (Å²) in [6, 6.07) is 0.266. The molecule has 3 rings (SSSR count). The van der Waals surface area contributed by atoms with Gasteiger partial charge in [-0.25, -0.2) is 9.97 Å². The highest BCUT2D eigenvalue weighted by molar-refractivity contribution is 5.36. The van der Waals surface area contributed by atoms with Crippen molar-refractivity contribution in [3.8, 4) is 0 Å². The molecule has 0 aromatic carbocycles. The van der Waals surface area contributed by atoms with Crippen molar-refractivity contribution in [2.24, 2.45) is 5.92 Å². The second-order valence-corrected chi connectivity index (χ2v) is 6.63. The van der Waals surface area contributed by atoms with Gasteiger partial charge in [0, 0.05) is 37.0 Å². The molecule has 1 aromatic heterocycles. The fourth-order valence-corrected chi connectivity index (χ4v) is 3.49. The van der Waals surface area contributed by atoms with Crippen LogP contribution in [0.25, 0.3) is 0 Å². The van der Waals surface area contributed by atoms with E-state index < -0.39 is 5.60 Å². The maximum atomic E-state index is 10.7. The Bertz CT molecular complexity index is 518. The minimum absolute atomic E-state index is 0.124. The quantitative estimate of drug-likeness (QED) is 0.901. The van der Waals surface area contributed by atoms with Gasteiger partial charge in [-0.3, -0.25) is 0 Å². The third kappa shape index (κ3) is 2.77. The molecule has 0 bridgehead atoms. The summed E-state index contributed by atoms with van der Waals surface area (Å²) in [6.45, 7) is 8.22. The Kier molecular flexibility index (Phi) is 3.88. The van der Waals surface area contributed by atoms with Gasteiger partial charge in [0.25, 0.3) is 0 Å². The van der Waals surface area contributed by atoms with Gasteiger partial charge in [0.1, 0.15) is 0 Å². The number of ether oxygens (including phenoxy) is 1. The molecule has 0 aliphatic carbocycles. The minimum Gasteiger partial charge on any atom is -0.390 e. The fraction of sp³-hybridized carbons (Fsp3) is 0.750. The number of rotatable bonds is 2. The van der Waals surface area contributed by atoms with Crippen LogP contribution >= 0.6 is 0 Å². The van der Waals surface area contributed by atoms with Crippen molar-refractivity contribution in [1.29, 1.82) is 0 Å². The standard InChI is InChI=1S/C16H25N3O2/c1-11-9-17-15(18-12(11)2)19-7-4-5-14(19)13-10-21-8-6-16(13,3)20/h9,13-14,20H,4-8,10H2,1-3H3. The van der Waals surface area contributed by atoms with Crippen molar-refractivity contribution in [2.45, 2.75) is 51.7 Å². The Morgan fingerprint density at radius 3 is 2.95 bits per heavy atom. The smallest absolute Gasteiger partial charge is 0.225 e. The number of aromatic nitrogens is 2. The molecule has 0 radical (unpaired) electrons. The van der Waals surface area contributed by atoms with Crippen LogP contribution in [0.3, 0.4) is 0 Å². The lowest BCUT2D eigenvalue weighted by Gasteiger charge is -2.43. The van der Waals surface area contributed by atoms with E-state index in [-0.39, 0.29) is 12.0 Å². The summed E-state index contributed by atoms with van der Waals surface area (Å²) in [6.07, 6.45) is 4.78. The van der Waals surface area contributed by atoms with Crippen LogP contribution in [-0.4, -0.2) is 46.5 Å². The molecular formula is C16H25N3O2. The lowest BCUT2D eigenvalue weighted by Crippen LogP contribution is -2.53. The summed E-state index contributed by atoms with van der Waals surface area (Å²) >= 11 is 0. The van der Waals surface area contributed by atoms with Crippen LogP contribution in [0, 0.1) is 19.8 Å². The Morgan fingerprint density at radius 2 is 2.24 bits per heavy atom. The Morgan fingerprint density at radius 1 is 1.43 bits per heavy atom. The second kappa shape index (κ2) is 5.54. The van der Waals surface area contributed by atoms with E-state index in [0.717, 1.165) is 36.6 Å². The summed E-state index contributed by atoms with van der Waals surface area (Å²) in [4.78, 5) is 11.4. The molecule has 0 saturated carbocycles. The van der Waals surface area contributed by atoms with Crippen LogP contribution in [0.15, 0.2) is 6.20 Å². The van der Waals surface area contributed by atoms with Crippen molar-refractivity contribution in [3.05, 3.63) is 17.5 Å². The van der Waals surface area contributed by atoms with Gasteiger partial charge >= 0.3 is 0 Å². The highest BCUT2D eigenvalue weighted by Gasteiger charge is 2.44. The molecule has 3 atom stereocenters. The van der Waals surface area contributed by atoms with E-state index in [4.69, 9.17) is 4.74 Å². The Balaban J connectivity index is 1.86. The molecule has 2 saturated heterocycles. The zero-order chi connectivity index (χ0) is 15.0. The molecule has 2 aliphatic heterocycles. The highest BCUT2D eigenvalue weighted by Crippen LogP contribution is 2.37. The summed E-state index contributed by atoms with van der Waals surface area (Å²) < 4.78 is 5.63. The highest BCUT2D eigenvalue weighted by atomic mass is 16.5. The largest absolute Gasteiger partial charge is 0.390 e. The first-order valence-electron chi connectivity index (χ1n) is 7.86. The third-order valence-electron chi connectivity index (χ3n) is 5.08. The SMILES string of the molecule is Cc1cnc(N2CCCC2C2COCCC2(C)O)nc1C. The molecule has 2 aliphatic rings. The predicted molar refractivity (Wildman–Crippen MR) is 81.4 cm³/mol. The maximum Gasteiger partial charge on any atom is 0.225 e. The molecule has 5 nitrogen and oxygen atoms in total. The van der Waals surface area contributed by atoms with Crippen LogP contribution in [0.1, 0.15) is 37.4 Å². The van der Waals surface area contributed by atoms with Gasteiger partial charge in [0.15, 0.2) is 0 Å². The van der Waals surface area contributed by atoms with Crippen LogP contribution in [0.5, 0.6) is 0 Å². The van der Waals surface area contributed by atoms with Crippen LogP contribution in [-0.2, 0) is 4.74 Å². The molecule has 0 amide bonds. The summed E-state index contributed by atoms with van der Waals surface area (Å²) in [5, 5.41) is 10.7. The van der Waals surface area contributed by atoms with Crippen molar-refractivity contribution >= 4 is 5.95 Å². The van der Waals surface area contributed by atoms with Gasteiger partial charge in [0.05, 0.1) is 12.2 Å². The van der Waals surface area contributed by atoms with E-state index in [9.17, 15) is 5.11 Å². The minimum atomic E-state index is -0.661. The van der Waals surface area contributed by atoms with Crippen molar-refractivity contribution in [3.63, 3.8) is 0 Å². The second-order valence-electron chi connectivity index (χ2n) is 6.63. The Hall–Kier alpha value is -1.20. The number of aryl methyl sites for hydroxylation is 2. The van der Waals surface area contributed by atoms with E-state index >= 15 is 0 Å². The lowest BCUT2D eigenvalue weighted by molar-refractivity contribution is -0.108.